The van der Waals surface area contributed by atoms with Gasteiger partial charge in [0, 0.05) is 11.9 Å². The Morgan fingerprint density at radius 3 is 2.30 bits per heavy atom. The lowest BCUT2D eigenvalue weighted by Gasteiger charge is -2.22. The summed E-state index contributed by atoms with van der Waals surface area (Å²) in [5, 5.41) is 11.3. The van der Waals surface area contributed by atoms with Crippen LogP contribution >= 0.6 is 0 Å². The fourth-order valence-corrected chi connectivity index (χ4v) is 1.68. The first-order chi connectivity index (χ1) is 8.96. The Morgan fingerprint density at radius 2 is 1.85 bits per heavy atom. The van der Waals surface area contributed by atoms with E-state index in [0.29, 0.717) is 0 Å². The second-order valence-corrected chi connectivity index (χ2v) is 7.41. The van der Waals surface area contributed by atoms with Crippen LogP contribution < -0.4 is 11.1 Å². The number of amides is 1. The van der Waals surface area contributed by atoms with Crippen molar-refractivity contribution in [3.63, 3.8) is 0 Å². The number of carbonyl (C=O) groups excluding carboxylic acids is 1. The summed E-state index contributed by atoms with van der Waals surface area (Å²) in [5.41, 5.74) is 5.58. The summed E-state index contributed by atoms with van der Waals surface area (Å²) in [5.74, 6) is -2.08. The third kappa shape index (κ3) is 3.08. The zero-order valence-electron chi connectivity index (χ0n) is 11.3. The summed E-state index contributed by atoms with van der Waals surface area (Å²) >= 11 is 0. The van der Waals surface area contributed by atoms with Gasteiger partial charge in [-0.1, -0.05) is 0 Å². The Kier molecular flexibility index (Phi) is 4.09. The minimum atomic E-state index is -3.66. The lowest BCUT2D eigenvalue weighted by atomic mass is 10.1. The molecule has 1 aromatic carbocycles. The van der Waals surface area contributed by atoms with E-state index in [1.807, 2.05) is 0 Å². The number of carboxylic acid groups (broad SMARTS) is 1. The van der Waals surface area contributed by atoms with Gasteiger partial charge >= 0.3 is 5.97 Å². The second-order valence-electron chi connectivity index (χ2n) is 4.85. The van der Waals surface area contributed by atoms with Gasteiger partial charge in [0.1, 0.15) is 4.75 Å². The zero-order valence-corrected chi connectivity index (χ0v) is 12.1. The molecule has 0 aliphatic rings. The van der Waals surface area contributed by atoms with Crippen molar-refractivity contribution >= 4 is 33.1 Å². The fourth-order valence-electron chi connectivity index (χ4n) is 1.29. The molecule has 0 spiro atoms. The highest BCUT2D eigenvalue weighted by Crippen LogP contribution is 2.23. The van der Waals surface area contributed by atoms with Crippen molar-refractivity contribution in [2.75, 3.05) is 17.3 Å². The summed E-state index contributed by atoms with van der Waals surface area (Å²) in [6.07, 6.45) is 0.935. The maximum atomic E-state index is 12.0. The molecule has 1 rings (SSSR count). The first-order valence-corrected chi connectivity index (χ1v) is 7.50. The van der Waals surface area contributed by atoms with Crippen LogP contribution in [0.25, 0.3) is 0 Å². The van der Waals surface area contributed by atoms with Gasteiger partial charge in [0.15, 0.2) is 9.84 Å². The molecule has 0 unspecified atom stereocenters. The first kappa shape index (κ1) is 16.0. The Bertz CT molecular complexity index is 664. The molecule has 0 heterocycles. The Hall–Kier alpha value is -2.09. The normalized spacial score (nSPS) is 11.9. The molecule has 0 aliphatic carbocycles. The van der Waals surface area contributed by atoms with Gasteiger partial charge < -0.3 is 16.2 Å². The topological polar surface area (TPSA) is 127 Å². The number of anilines is 2. The van der Waals surface area contributed by atoms with Crippen molar-refractivity contribution in [3.8, 4) is 0 Å². The van der Waals surface area contributed by atoms with E-state index in [9.17, 15) is 18.0 Å². The van der Waals surface area contributed by atoms with Crippen molar-refractivity contribution in [2.45, 2.75) is 18.6 Å². The molecule has 0 aromatic heterocycles. The first-order valence-electron chi connectivity index (χ1n) is 5.60. The van der Waals surface area contributed by atoms with Crippen molar-refractivity contribution < 1.29 is 23.1 Å². The predicted octanol–water partition coefficient (Wildman–Crippen LogP) is 0.729. The minimum absolute atomic E-state index is 0.0424. The molecule has 0 aliphatic heterocycles. The minimum Gasteiger partial charge on any atom is -0.478 e. The van der Waals surface area contributed by atoms with Crippen LogP contribution in [-0.4, -0.2) is 36.4 Å². The number of rotatable bonds is 4. The van der Waals surface area contributed by atoms with E-state index < -0.39 is 26.5 Å². The van der Waals surface area contributed by atoms with E-state index in [-0.39, 0.29) is 16.9 Å². The highest BCUT2D eigenvalue weighted by Gasteiger charge is 2.38. The third-order valence-electron chi connectivity index (χ3n) is 3.00. The van der Waals surface area contributed by atoms with Gasteiger partial charge in [0.25, 0.3) is 0 Å². The van der Waals surface area contributed by atoms with Crippen LogP contribution in [0.3, 0.4) is 0 Å². The lowest BCUT2D eigenvalue weighted by molar-refractivity contribution is -0.117. The SMILES string of the molecule is CC(C)(C(=O)Nc1cc(N)ccc1C(=O)O)S(C)(=O)=O. The molecule has 20 heavy (non-hydrogen) atoms. The van der Waals surface area contributed by atoms with E-state index >= 15 is 0 Å². The zero-order chi connectivity index (χ0) is 15.7. The monoisotopic (exact) mass is 300 g/mol. The highest BCUT2D eigenvalue weighted by molar-refractivity contribution is 7.92. The van der Waals surface area contributed by atoms with Gasteiger partial charge in [-0.3, -0.25) is 4.79 Å². The smallest absolute Gasteiger partial charge is 0.337 e. The summed E-state index contributed by atoms with van der Waals surface area (Å²) in [6.45, 7) is 2.48. The van der Waals surface area contributed by atoms with Crippen LogP contribution in [0.1, 0.15) is 24.2 Å². The van der Waals surface area contributed by atoms with Gasteiger partial charge in [0.05, 0.1) is 11.3 Å². The van der Waals surface area contributed by atoms with Crippen LogP contribution in [0, 0.1) is 0 Å². The maximum absolute atomic E-state index is 12.0. The molecule has 8 heteroatoms. The number of benzene rings is 1. The molecule has 7 nitrogen and oxygen atoms in total. The maximum Gasteiger partial charge on any atom is 0.337 e. The van der Waals surface area contributed by atoms with Crippen LogP contribution in [0.5, 0.6) is 0 Å². The number of carbonyl (C=O) groups is 2. The van der Waals surface area contributed by atoms with E-state index in [0.717, 1.165) is 6.26 Å². The molecular formula is C12H16N2O5S. The lowest BCUT2D eigenvalue weighted by Crippen LogP contribution is -2.44. The molecule has 0 bridgehead atoms. The molecule has 1 aromatic rings. The van der Waals surface area contributed by atoms with Crippen molar-refractivity contribution in [1.29, 1.82) is 0 Å². The molecule has 0 fully saturated rings. The average Bonchev–Trinajstić information content (AvgIpc) is 2.26. The number of hydrogen-bond donors (Lipinski definition) is 3. The molecule has 0 radical (unpaired) electrons. The number of hydrogen-bond acceptors (Lipinski definition) is 5. The quantitative estimate of drug-likeness (QED) is 0.703. The molecule has 4 N–H and O–H groups in total. The molecule has 110 valence electrons. The largest absolute Gasteiger partial charge is 0.478 e. The summed E-state index contributed by atoms with van der Waals surface area (Å²) < 4.78 is 21.4. The van der Waals surface area contributed by atoms with Gasteiger partial charge in [-0.05, 0) is 32.0 Å². The summed E-state index contributed by atoms with van der Waals surface area (Å²) in [4.78, 5) is 23.1. The van der Waals surface area contributed by atoms with E-state index in [2.05, 4.69) is 5.32 Å². The molecule has 0 saturated carbocycles. The number of carboxylic acids is 1. The van der Waals surface area contributed by atoms with Crippen LogP contribution in [0.2, 0.25) is 0 Å². The van der Waals surface area contributed by atoms with E-state index in [4.69, 9.17) is 10.8 Å². The standard InChI is InChI=1S/C12H16N2O5S/c1-12(2,20(3,18)19)11(17)14-9-6-7(13)4-5-8(9)10(15)16/h4-6H,13H2,1-3H3,(H,14,17)(H,15,16). The van der Waals surface area contributed by atoms with Gasteiger partial charge in [-0.2, -0.15) is 0 Å². The molecule has 0 atom stereocenters. The summed E-state index contributed by atoms with van der Waals surface area (Å²) in [6, 6.07) is 3.88. The Morgan fingerprint density at radius 1 is 1.30 bits per heavy atom. The number of sulfone groups is 1. The number of nitrogen functional groups attached to an aromatic ring is 1. The Balaban J connectivity index is 3.21. The van der Waals surface area contributed by atoms with Crippen molar-refractivity contribution in [3.05, 3.63) is 23.8 Å². The highest BCUT2D eigenvalue weighted by atomic mass is 32.2. The fraction of sp³-hybridized carbons (Fsp3) is 0.333. The van der Waals surface area contributed by atoms with Gasteiger partial charge in [-0.15, -0.1) is 0 Å². The predicted molar refractivity (Wildman–Crippen MR) is 75.4 cm³/mol. The number of aromatic carboxylic acids is 1. The third-order valence-corrected chi connectivity index (χ3v) is 5.04. The van der Waals surface area contributed by atoms with Crippen LogP contribution in [-0.2, 0) is 14.6 Å². The van der Waals surface area contributed by atoms with Gasteiger partial charge in [-0.25, -0.2) is 13.2 Å². The average molecular weight is 300 g/mol. The number of nitrogens with two attached hydrogens (primary N) is 1. The van der Waals surface area contributed by atoms with Gasteiger partial charge in [0.2, 0.25) is 5.91 Å². The Labute approximate surface area is 116 Å². The summed E-state index contributed by atoms with van der Waals surface area (Å²) in [7, 11) is -3.66. The van der Waals surface area contributed by atoms with E-state index in [1.54, 1.807) is 0 Å². The number of nitrogens with one attached hydrogen (secondary N) is 1. The van der Waals surface area contributed by atoms with Crippen LogP contribution in [0.15, 0.2) is 18.2 Å². The van der Waals surface area contributed by atoms with Crippen molar-refractivity contribution in [2.24, 2.45) is 0 Å². The molecular weight excluding hydrogens is 284 g/mol. The van der Waals surface area contributed by atoms with E-state index in [1.165, 1.54) is 32.0 Å². The van der Waals surface area contributed by atoms with Crippen molar-refractivity contribution in [1.82, 2.24) is 0 Å². The second kappa shape index (κ2) is 5.12. The molecule has 0 saturated heterocycles. The molecule has 1 amide bonds. The van der Waals surface area contributed by atoms with Crippen LogP contribution in [0.4, 0.5) is 11.4 Å².